The van der Waals surface area contributed by atoms with Crippen molar-refractivity contribution < 1.29 is 0 Å². The van der Waals surface area contributed by atoms with Gasteiger partial charge in [-0.25, -0.2) is 0 Å². The van der Waals surface area contributed by atoms with Crippen molar-refractivity contribution in [1.82, 2.24) is 10.2 Å². The van der Waals surface area contributed by atoms with Crippen LogP contribution in [0.15, 0.2) is 42.5 Å². The molecule has 3 rings (SSSR count). The van der Waals surface area contributed by atoms with Crippen molar-refractivity contribution >= 4 is 16.6 Å². The van der Waals surface area contributed by atoms with Crippen molar-refractivity contribution in [3.8, 4) is 11.3 Å². The van der Waals surface area contributed by atoms with E-state index in [2.05, 4.69) is 29.3 Å². The topological polar surface area (TPSA) is 54.7 Å². The molecule has 0 unspecified atom stereocenters. The van der Waals surface area contributed by atoms with Crippen LogP contribution in [-0.2, 0) is 0 Å². The molecule has 2 aromatic carbocycles. The number of benzene rings is 2. The van der Waals surface area contributed by atoms with Crippen molar-refractivity contribution in [3.05, 3.63) is 48.0 Å². The molecule has 0 bridgehead atoms. The first-order valence-corrected chi connectivity index (χ1v) is 5.56. The van der Waals surface area contributed by atoms with Crippen LogP contribution in [0.5, 0.6) is 0 Å². The Morgan fingerprint density at radius 1 is 1.06 bits per heavy atom. The fourth-order valence-electron chi connectivity index (χ4n) is 2.11. The quantitative estimate of drug-likeness (QED) is 0.623. The van der Waals surface area contributed by atoms with Crippen molar-refractivity contribution in [1.29, 1.82) is 0 Å². The lowest BCUT2D eigenvalue weighted by atomic mass is 10.0. The molecule has 0 aliphatic carbocycles. The van der Waals surface area contributed by atoms with E-state index in [1.807, 2.05) is 30.3 Å². The Morgan fingerprint density at radius 3 is 2.71 bits per heavy atom. The first-order valence-electron chi connectivity index (χ1n) is 5.56. The molecule has 0 radical (unpaired) electrons. The number of rotatable bonds is 1. The number of aryl methyl sites for hydroxylation is 1. The van der Waals surface area contributed by atoms with Gasteiger partial charge < -0.3 is 5.73 Å². The molecule has 0 amide bonds. The van der Waals surface area contributed by atoms with Crippen molar-refractivity contribution in [2.75, 3.05) is 5.73 Å². The first-order chi connectivity index (χ1) is 8.27. The predicted molar refractivity (Wildman–Crippen MR) is 70.7 cm³/mol. The summed E-state index contributed by atoms with van der Waals surface area (Å²) >= 11 is 0. The Balaban J connectivity index is 2.33. The minimum Gasteiger partial charge on any atom is -0.397 e. The lowest BCUT2D eigenvalue weighted by molar-refractivity contribution is 1.12. The van der Waals surface area contributed by atoms with Gasteiger partial charge in [-0.05, 0) is 18.6 Å². The van der Waals surface area contributed by atoms with Gasteiger partial charge in [-0.3, -0.25) is 5.10 Å². The molecule has 0 aliphatic rings. The molecule has 0 atom stereocenters. The maximum absolute atomic E-state index is 5.91. The number of aromatic amines is 1. The number of hydrogen-bond donors (Lipinski definition) is 2. The van der Waals surface area contributed by atoms with E-state index >= 15 is 0 Å². The monoisotopic (exact) mass is 223 g/mol. The van der Waals surface area contributed by atoms with Crippen LogP contribution >= 0.6 is 0 Å². The summed E-state index contributed by atoms with van der Waals surface area (Å²) in [6.45, 7) is 2.09. The molecule has 3 nitrogen and oxygen atoms in total. The van der Waals surface area contributed by atoms with Gasteiger partial charge in [-0.1, -0.05) is 36.4 Å². The van der Waals surface area contributed by atoms with E-state index in [0.717, 1.165) is 27.8 Å². The molecule has 84 valence electrons. The Labute approximate surface area is 99.3 Å². The summed E-state index contributed by atoms with van der Waals surface area (Å²) in [4.78, 5) is 0. The molecular formula is C14H13N3. The molecule has 3 aromatic rings. The third kappa shape index (κ3) is 1.47. The first kappa shape index (κ1) is 9.90. The van der Waals surface area contributed by atoms with Crippen LogP contribution in [0.4, 0.5) is 5.69 Å². The molecule has 3 heteroatoms. The van der Waals surface area contributed by atoms with E-state index in [9.17, 15) is 0 Å². The summed E-state index contributed by atoms with van der Waals surface area (Å²) in [7, 11) is 0. The lowest BCUT2D eigenvalue weighted by Crippen LogP contribution is -1.85. The Hall–Kier alpha value is -2.29. The van der Waals surface area contributed by atoms with Gasteiger partial charge in [0, 0.05) is 10.9 Å². The highest BCUT2D eigenvalue weighted by atomic mass is 15.1. The SMILES string of the molecule is Cc1ccccc1-c1n[nH]c2c(N)cccc12. The van der Waals surface area contributed by atoms with Crippen LogP contribution in [0.25, 0.3) is 22.2 Å². The fourth-order valence-corrected chi connectivity index (χ4v) is 2.11. The second-order valence-corrected chi connectivity index (χ2v) is 4.16. The summed E-state index contributed by atoms with van der Waals surface area (Å²) in [5.41, 5.74) is 10.9. The van der Waals surface area contributed by atoms with Crippen molar-refractivity contribution in [2.45, 2.75) is 6.92 Å². The predicted octanol–water partition coefficient (Wildman–Crippen LogP) is 3.12. The number of anilines is 1. The molecule has 0 aliphatic heterocycles. The Kier molecular flexibility index (Phi) is 2.11. The van der Waals surface area contributed by atoms with Crippen molar-refractivity contribution in [2.24, 2.45) is 0 Å². The van der Waals surface area contributed by atoms with Gasteiger partial charge in [0.2, 0.25) is 0 Å². The normalized spacial score (nSPS) is 10.9. The molecule has 1 aromatic heterocycles. The van der Waals surface area contributed by atoms with Gasteiger partial charge >= 0.3 is 0 Å². The number of aromatic nitrogens is 2. The van der Waals surface area contributed by atoms with Gasteiger partial charge in [0.05, 0.1) is 11.2 Å². The van der Waals surface area contributed by atoms with Gasteiger partial charge in [0.25, 0.3) is 0 Å². The summed E-state index contributed by atoms with van der Waals surface area (Å²) in [5, 5.41) is 8.46. The number of nitrogens with two attached hydrogens (primary N) is 1. The second-order valence-electron chi connectivity index (χ2n) is 4.16. The molecule has 3 N–H and O–H groups in total. The molecule has 0 fully saturated rings. The molecule has 0 spiro atoms. The summed E-state index contributed by atoms with van der Waals surface area (Å²) < 4.78 is 0. The van der Waals surface area contributed by atoms with Crippen LogP contribution in [0.3, 0.4) is 0 Å². The summed E-state index contributed by atoms with van der Waals surface area (Å²) in [5.74, 6) is 0. The highest BCUT2D eigenvalue weighted by Gasteiger charge is 2.10. The van der Waals surface area contributed by atoms with E-state index in [-0.39, 0.29) is 0 Å². The zero-order valence-electron chi connectivity index (χ0n) is 9.57. The van der Waals surface area contributed by atoms with Crippen LogP contribution in [0.2, 0.25) is 0 Å². The van der Waals surface area contributed by atoms with E-state index < -0.39 is 0 Å². The minimum absolute atomic E-state index is 0.731. The van der Waals surface area contributed by atoms with Gasteiger partial charge in [0.1, 0.15) is 5.69 Å². The Morgan fingerprint density at radius 2 is 1.88 bits per heavy atom. The number of H-pyrrole nitrogens is 1. The largest absolute Gasteiger partial charge is 0.397 e. The summed E-state index contributed by atoms with van der Waals surface area (Å²) in [6, 6.07) is 14.1. The molecule has 17 heavy (non-hydrogen) atoms. The molecule has 0 saturated heterocycles. The molecule has 0 saturated carbocycles. The maximum atomic E-state index is 5.91. The number of para-hydroxylation sites is 1. The van der Waals surface area contributed by atoms with Crippen LogP contribution in [0.1, 0.15) is 5.56 Å². The Bertz CT molecular complexity index is 683. The number of fused-ring (bicyclic) bond motifs is 1. The highest BCUT2D eigenvalue weighted by Crippen LogP contribution is 2.30. The zero-order valence-corrected chi connectivity index (χ0v) is 9.57. The zero-order chi connectivity index (χ0) is 11.8. The van der Waals surface area contributed by atoms with Crippen molar-refractivity contribution in [3.63, 3.8) is 0 Å². The van der Waals surface area contributed by atoms with Gasteiger partial charge in [-0.15, -0.1) is 0 Å². The smallest absolute Gasteiger partial charge is 0.100 e. The van der Waals surface area contributed by atoms with Crippen LogP contribution < -0.4 is 5.73 Å². The maximum Gasteiger partial charge on any atom is 0.100 e. The average Bonchev–Trinajstić information content (AvgIpc) is 2.75. The van der Waals surface area contributed by atoms with E-state index in [4.69, 9.17) is 5.73 Å². The third-order valence-electron chi connectivity index (χ3n) is 3.03. The van der Waals surface area contributed by atoms with E-state index in [1.54, 1.807) is 0 Å². The van der Waals surface area contributed by atoms with Crippen LogP contribution in [-0.4, -0.2) is 10.2 Å². The number of nitrogens with one attached hydrogen (secondary N) is 1. The minimum atomic E-state index is 0.731. The third-order valence-corrected chi connectivity index (χ3v) is 3.03. The lowest BCUT2D eigenvalue weighted by Gasteiger charge is -2.02. The van der Waals surface area contributed by atoms with E-state index in [0.29, 0.717) is 0 Å². The fraction of sp³-hybridized carbons (Fsp3) is 0.0714. The molecule has 1 heterocycles. The van der Waals surface area contributed by atoms with Gasteiger partial charge in [-0.2, -0.15) is 5.10 Å². The number of hydrogen-bond acceptors (Lipinski definition) is 2. The number of nitrogen functional groups attached to an aromatic ring is 1. The van der Waals surface area contributed by atoms with E-state index in [1.165, 1.54) is 5.56 Å². The average molecular weight is 223 g/mol. The highest BCUT2D eigenvalue weighted by molar-refractivity contribution is 5.99. The standard InChI is InChI=1S/C14H13N3/c1-9-5-2-3-6-10(9)13-11-7-4-8-12(15)14(11)17-16-13/h2-8H,15H2,1H3,(H,16,17). The van der Waals surface area contributed by atoms with Gasteiger partial charge in [0.15, 0.2) is 0 Å². The second kappa shape index (κ2) is 3.63. The van der Waals surface area contributed by atoms with Crippen LogP contribution in [0, 0.1) is 6.92 Å². The molecular weight excluding hydrogens is 210 g/mol. The summed E-state index contributed by atoms with van der Waals surface area (Å²) in [6.07, 6.45) is 0. The number of nitrogens with zero attached hydrogens (tertiary/aromatic N) is 1.